The monoisotopic (exact) mass is 394 g/mol. The van der Waals surface area contributed by atoms with E-state index in [-0.39, 0.29) is 5.91 Å². The van der Waals surface area contributed by atoms with E-state index in [1.54, 1.807) is 18.3 Å². The Hall–Kier alpha value is -2.99. The molecule has 1 aromatic heterocycles. The molecule has 0 saturated heterocycles. The summed E-state index contributed by atoms with van der Waals surface area (Å²) in [6, 6.07) is 20.8. The Morgan fingerprint density at radius 1 is 0.964 bits per heavy atom. The van der Waals surface area contributed by atoms with Crippen LogP contribution in [0, 0.1) is 0 Å². The predicted octanol–water partition coefficient (Wildman–Crippen LogP) is 4.44. The third-order valence-corrected chi connectivity index (χ3v) is 4.79. The van der Waals surface area contributed by atoms with Gasteiger partial charge in [0.15, 0.2) is 0 Å². The van der Waals surface area contributed by atoms with Crippen molar-refractivity contribution in [2.45, 2.75) is 16.8 Å². The highest BCUT2D eigenvalue weighted by atomic mass is 32.2. The zero-order chi connectivity index (χ0) is 19.6. The van der Waals surface area contributed by atoms with E-state index < -0.39 is 0 Å². The number of hydrogen-bond acceptors (Lipinski definition) is 5. The van der Waals surface area contributed by atoms with E-state index in [0.717, 1.165) is 16.4 Å². The molecule has 144 valence electrons. The summed E-state index contributed by atoms with van der Waals surface area (Å²) in [5, 5.41) is 3.56. The van der Waals surface area contributed by atoms with Crippen molar-refractivity contribution in [1.82, 2.24) is 10.3 Å². The number of nitrogens with one attached hydrogen (secondary N) is 1. The molecule has 0 atom stereocenters. The van der Waals surface area contributed by atoms with Gasteiger partial charge in [-0.3, -0.25) is 4.79 Å². The third kappa shape index (κ3) is 5.76. The number of pyridine rings is 1. The van der Waals surface area contributed by atoms with Crippen molar-refractivity contribution in [2.75, 3.05) is 19.8 Å². The van der Waals surface area contributed by atoms with E-state index in [4.69, 9.17) is 9.47 Å². The second-order valence-corrected chi connectivity index (χ2v) is 6.84. The molecule has 0 saturated carbocycles. The van der Waals surface area contributed by atoms with Gasteiger partial charge in [-0.15, -0.1) is 0 Å². The van der Waals surface area contributed by atoms with Gasteiger partial charge in [0.1, 0.15) is 23.1 Å². The molecular formula is C22H22N2O3S. The SMILES string of the molecule is CCOc1ccc(OCCNC(=O)c2cccnc2Sc2ccccc2)cc1. The Balaban J connectivity index is 1.51. The minimum absolute atomic E-state index is 0.165. The van der Waals surface area contributed by atoms with Gasteiger partial charge in [0.2, 0.25) is 0 Å². The predicted molar refractivity (Wildman–Crippen MR) is 110 cm³/mol. The van der Waals surface area contributed by atoms with Gasteiger partial charge < -0.3 is 14.8 Å². The average molecular weight is 394 g/mol. The topological polar surface area (TPSA) is 60.5 Å². The first-order valence-corrected chi connectivity index (χ1v) is 9.89. The van der Waals surface area contributed by atoms with Crippen LogP contribution in [-0.4, -0.2) is 30.6 Å². The number of rotatable bonds is 9. The van der Waals surface area contributed by atoms with Gasteiger partial charge in [-0.05, 0) is 55.5 Å². The zero-order valence-electron chi connectivity index (χ0n) is 15.6. The Morgan fingerprint density at radius 3 is 2.39 bits per heavy atom. The minimum atomic E-state index is -0.165. The highest BCUT2D eigenvalue weighted by molar-refractivity contribution is 7.99. The van der Waals surface area contributed by atoms with Crippen molar-refractivity contribution >= 4 is 17.7 Å². The molecule has 0 fully saturated rings. The fraction of sp³-hybridized carbons (Fsp3) is 0.182. The van der Waals surface area contributed by atoms with E-state index in [1.165, 1.54) is 11.8 Å². The molecule has 5 nitrogen and oxygen atoms in total. The molecule has 0 aliphatic carbocycles. The first-order chi connectivity index (χ1) is 13.8. The molecule has 6 heteroatoms. The molecule has 1 heterocycles. The molecular weight excluding hydrogens is 372 g/mol. The van der Waals surface area contributed by atoms with E-state index in [1.807, 2.05) is 61.5 Å². The maximum atomic E-state index is 12.5. The first kappa shape index (κ1) is 19.8. The van der Waals surface area contributed by atoms with Crippen LogP contribution in [0.2, 0.25) is 0 Å². The standard InChI is InChI=1S/C22H22N2O3S/c1-2-26-17-10-12-18(13-11-17)27-16-15-23-21(25)20-9-6-14-24-22(20)28-19-7-4-3-5-8-19/h3-14H,2,15-16H2,1H3,(H,23,25). The first-order valence-electron chi connectivity index (χ1n) is 9.08. The van der Waals surface area contributed by atoms with Gasteiger partial charge in [-0.2, -0.15) is 0 Å². The molecule has 0 spiro atoms. The smallest absolute Gasteiger partial charge is 0.254 e. The van der Waals surface area contributed by atoms with E-state index in [0.29, 0.717) is 30.3 Å². The average Bonchev–Trinajstić information content (AvgIpc) is 2.73. The van der Waals surface area contributed by atoms with E-state index >= 15 is 0 Å². The van der Waals surface area contributed by atoms with Crippen molar-refractivity contribution in [1.29, 1.82) is 0 Å². The number of aromatic nitrogens is 1. The number of nitrogens with zero attached hydrogens (tertiary/aromatic N) is 1. The van der Waals surface area contributed by atoms with E-state index in [2.05, 4.69) is 10.3 Å². The number of carbonyl (C=O) groups is 1. The Kier molecular flexibility index (Phi) is 7.32. The molecule has 0 unspecified atom stereocenters. The molecule has 2 aromatic carbocycles. The summed E-state index contributed by atoms with van der Waals surface area (Å²) in [6.45, 7) is 3.35. The summed E-state index contributed by atoms with van der Waals surface area (Å²) in [6.07, 6.45) is 1.69. The lowest BCUT2D eigenvalue weighted by molar-refractivity contribution is 0.0943. The number of carbonyl (C=O) groups excluding carboxylic acids is 1. The highest BCUT2D eigenvalue weighted by Crippen LogP contribution is 2.28. The normalized spacial score (nSPS) is 10.3. The summed E-state index contributed by atoms with van der Waals surface area (Å²) in [7, 11) is 0. The zero-order valence-corrected chi connectivity index (χ0v) is 16.4. The number of hydrogen-bond donors (Lipinski definition) is 1. The summed E-state index contributed by atoms with van der Waals surface area (Å²) >= 11 is 1.47. The molecule has 1 N–H and O–H groups in total. The fourth-order valence-corrected chi connectivity index (χ4v) is 3.37. The van der Waals surface area contributed by atoms with Crippen LogP contribution in [-0.2, 0) is 0 Å². The highest BCUT2D eigenvalue weighted by Gasteiger charge is 2.13. The third-order valence-electron chi connectivity index (χ3n) is 3.76. The fourth-order valence-electron chi connectivity index (χ4n) is 2.47. The quantitative estimate of drug-likeness (QED) is 0.544. The van der Waals surface area contributed by atoms with Gasteiger partial charge >= 0.3 is 0 Å². The van der Waals surface area contributed by atoms with Crippen molar-refractivity contribution < 1.29 is 14.3 Å². The van der Waals surface area contributed by atoms with Crippen molar-refractivity contribution in [2.24, 2.45) is 0 Å². The molecule has 0 aliphatic rings. The van der Waals surface area contributed by atoms with Gasteiger partial charge in [0.05, 0.1) is 18.7 Å². The Bertz CT molecular complexity index is 886. The molecule has 0 bridgehead atoms. The van der Waals surface area contributed by atoms with Crippen LogP contribution < -0.4 is 14.8 Å². The lowest BCUT2D eigenvalue weighted by atomic mass is 10.2. The van der Waals surface area contributed by atoms with Crippen LogP contribution >= 0.6 is 11.8 Å². The maximum absolute atomic E-state index is 12.5. The summed E-state index contributed by atoms with van der Waals surface area (Å²) in [4.78, 5) is 17.9. The summed E-state index contributed by atoms with van der Waals surface area (Å²) in [5.74, 6) is 1.38. The van der Waals surface area contributed by atoms with Crippen molar-refractivity contribution in [3.8, 4) is 11.5 Å². The second-order valence-electron chi connectivity index (χ2n) is 5.78. The number of amides is 1. The van der Waals surface area contributed by atoms with Gasteiger partial charge in [0, 0.05) is 11.1 Å². The van der Waals surface area contributed by atoms with Crippen LogP contribution in [0.1, 0.15) is 17.3 Å². The largest absolute Gasteiger partial charge is 0.494 e. The summed E-state index contributed by atoms with van der Waals surface area (Å²) < 4.78 is 11.1. The van der Waals surface area contributed by atoms with Crippen LogP contribution in [0.4, 0.5) is 0 Å². The Labute approximate surface area is 169 Å². The molecule has 3 rings (SSSR count). The lowest BCUT2D eigenvalue weighted by Crippen LogP contribution is -2.28. The molecule has 3 aromatic rings. The minimum Gasteiger partial charge on any atom is -0.494 e. The Morgan fingerprint density at radius 2 is 1.68 bits per heavy atom. The van der Waals surface area contributed by atoms with Crippen LogP contribution in [0.25, 0.3) is 0 Å². The lowest BCUT2D eigenvalue weighted by Gasteiger charge is -2.10. The van der Waals surface area contributed by atoms with E-state index in [9.17, 15) is 4.79 Å². The van der Waals surface area contributed by atoms with Crippen LogP contribution in [0.3, 0.4) is 0 Å². The molecule has 0 aliphatic heterocycles. The van der Waals surface area contributed by atoms with Crippen LogP contribution in [0.5, 0.6) is 11.5 Å². The summed E-state index contributed by atoms with van der Waals surface area (Å²) in [5.41, 5.74) is 0.553. The van der Waals surface area contributed by atoms with Crippen molar-refractivity contribution in [3.05, 3.63) is 78.5 Å². The molecule has 0 radical (unpaired) electrons. The van der Waals surface area contributed by atoms with Gasteiger partial charge in [-0.25, -0.2) is 4.98 Å². The number of ether oxygens (including phenoxy) is 2. The number of benzene rings is 2. The van der Waals surface area contributed by atoms with Gasteiger partial charge in [0.25, 0.3) is 5.91 Å². The van der Waals surface area contributed by atoms with Crippen LogP contribution in [0.15, 0.2) is 82.8 Å². The van der Waals surface area contributed by atoms with Crippen molar-refractivity contribution in [3.63, 3.8) is 0 Å². The second kappa shape index (κ2) is 10.4. The molecule has 1 amide bonds. The molecule has 28 heavy (non-hydrogen) atoms. The maximum Gasteiger partial charge on any atom is 0.254 e. The van der Waals surface area contributed by atoms with Gasteiger partial charge in [-0.1, -0.05) is 30.0 Å².